The van der Waals surface area contributed by atoms with E-state index >= 15 is 0 Å². The predicted molar refractivity (Wildman–Crippen MR) is 124 cm³/mol. The molecule has 32 heavy (non-hydrogen) atoms. The highest BCUT2D eigenvalue weighted by molar-refractivity contribution is 7.88. The lowest BCUT2D eigenvalue weighted by atomic mass is 9.82. The maximum absolute atomic E-state index is 14.1. The maximum Gasteiger partial charge on any atom is 0.208 e. The first kappa shape index (κ1) is 23.1. The van der Waals surface area contributed by atoms with Crippen molar-refractivity contribution in [1.29, 1.82) is 0 Å². The van der Waals surface area contributed by atoms with Crippen molar-refractivity contribution in [2.24, 2.45) is 5.92 Å². The Labute approximate surface area is 190 Å². The van der Waals surface area contributed by atoms with Gasteiger partial charge in [0.25, 0.3) is 0 Å². The summed E-state index contributed by atoms with van der Waals surface area (Å²) in [5.74, 6) is 1.05. The van der Waals surface area contributed by atoms with Crippen molar-refractivity contribution in [1.82, 2.24) is 9.71 Å². The van der Waals surface area contributed by atoms with Crippen LogP contribution >= 0.6 is 0 Å². The molecular weight excluding hydrogens is 429 g/mol. The second-order valence-corrected chi connectivity index (χ2v) is 10.8. The molecule has 0 radical (unpaired) electrons. The molecule has 1 aliphatic carbocycles. The molecule has 1 saturated carbocycles. The van der Waals surface area contributed by atoms with Gasteiger partial charge in [-0.15, -0.1) is 0 Å². The van der Waals surface area contributed by atoms with Crippen molar-refractivity contribution in [2.45, 2.75) is 50.2 Å². The molecule has 0 spiro atoms. The SMILES string of the molecule is CS(=O)(=O)NC1CCN(c2ccccn2)C[C@H]1CO[C@H]1CC[C@@H](c2ccccc2F)CC1. The molecule has 1 saturated heterocycles. The van der Waals surface area contributed by atoms with Gasteiger partial charge in [-0.25, -0.2) is 22.5 Å². The number of hydrogen-bond donors (Lipinski definition) is 1. The molecule has 2 heterocycles. The summed E-state index contributed by atoms with van der Waals surface area (Å²) in [4.78, 5) is 6.64. The molecule has 4 rings (SSSR count). The van der Waals surface area contributed by atoms with Crippen molar-refractivity contribution in [3.63, 3.8) is 0 Å². The molecule has 0 amide bonds. The number of sulfonamides is 1. The van der Waals surface area contributed by atoms with Gasteiger partial charge in [0.05, 0.1) is 19.0 Å². The monoisotopic (exact) mass is 461 g/mol. The van der Waals surface area contributed by atoms with Crippen LogP contribution in [0.25, 0.3) is 0 Å². The number of rotatable bonds is 7. The van der Waals surface area contributed by atoms with Crippen LogP contribution in [0.15, 0.2) is 48.7 Å². The highest BCUT2D eigenvalue weighted by atomic mass is 32.2. The van der Waals surface area contributed by atoms with Gasteiger partial charge in [0.15, 0.2) is 0 Å². The van der Waals surface area contributed by atoms with E-state index in [4.69, 9.17) is 4.74 Å². The molecule has 1 unspecified atom stereocenters. The minimum Gasteiger partial charge on any atom is -0.378 e. The van der Waals surface area contributed by atoms with Crippen molar-refractivity contribution in [3.05, 3.63) is 60.0 Å². The number of nitrogens with one attached hydrogen (secondary N) is 1. The van der Waals surface area contributed by atoms with E-state index in [1.165, 1.54) is 12.3 Å². The number of aromatic nitrogens is 1. The summed E-state index contributed by atoms with van der Waals surface area (Å²) in [7, 11) is -3.30. The lowest BCUT2D eigenvalue weighted by Gasteiger charge is -2.40. The van der Waals surface area contributed by atoms with Gasteiger partial charge in [0, 0.05) is 31.2 Å². The van der Waals surface area contributed by atoms with Crippen LogP contribution in [-0.4, -0.2) is 51.5 Å². The van der Waals surface area contributed by atoms with E-state index in [-0.39, 0.29) is 29.8 Å². The van der Waals surface area contributed by atoms with Crippen molar-refractivity contribution < 1.29 is 17.5 Å². The topological polar surface area (TPSA) is 71.5 Å². The van der Waals surface area contributed by atoms with Gasteiger partial charge in [-0.2, -0.15) is 0 Å². The quantitative estimate of drug-likeness (QED) is 0.681. The van der Waals surface area contributed by atoms with Crippen molar-refractivity contribution >= 4 is 15.8 Å². The van der Waals surface area contributed by atoms with Crippen LogP contribution in [0.2, 0.25) is 0 Å². The first-order chi connectivity index (χ1) is 15.4. The van der Waals surface area contributed by atoms with Crippen LogP contribution in [0.5, 0.6) is 0 Å². The summed E-state index contributed by atoms with van der Waals surface area (Å²) >= 11 is 0. The number of benzene rings is 1. The van der Waals surface area contributed by atoms with Crippen LogP contribution in [0.3, 0.4) is 0 Å². The summed E-state index contributed by atoms with van der Waals surface area (Å²) in [6.45, 7) is 1.93. The van der Waals surface area contributed by atoms with Crippen LogP contribution in [-0.2, 0) is 14.8 Å². The Kier molecular flexibility index (Phi) is 7.43. The van der Waals surface area contributed by atoms with E-state index in [0.717, 1.165) is 43.6 Å². The summed E-state index contributed by atoms with van der Waals surface area (Å²) in [6.07, 6.45) is 7.40. The first-order valence-corrected chi connectivity index (χ1v) is 13.3. The fourth-order valence-electron chi connectivity index (χ4n) is 4.99. The zero-order valence-corrected chi connectivity index (χ0v) is 19.3. The summed E-state index contributed by atoms with van der Waals surface area (Å²) in [5, 5.41) is 0. The molecule has 2 atom stereocenters. The molecule has 1 aromatic heterocycles. The molecular formula is C24H32FN3O3S. The van der Waals surface area contributed by atoms with E-state index in [9.17, 15) is 12.8 Å². The number of anilines is 1. The van der Waals surface area contributed by atoms with Gasteiger partial charge in [0.1, 0.15) is 11.6 Å². The lowest BCUT2D eigenvalue weighted by Crippen LogP contribution is -2.52. The molecule has 2 aromatic rings. The second-order valence-electron chi connectivity index (χ2n) is 9.01. The molecule has 1 aliphatic heterocycles. The highest BCUT2D eigenvalue weighted by Gasteiger charge is 2.33. The molecule has 1 aromatic carbocycles. The standard InChI is InChI=1S/C24H32FN3O3S/c1-32(29,30)27-23-13-15-28(24-8-4-5-14-26-24)16-19(23)17-31-20-11-9-18(10-12-20)21-6-2-3-7-22(21)25/h2-8,14,18-20,23,27H,9-13,15-17H2,1H3/t18-,19-,20+,23?/m0/s1. The van der Waals surface area contributed by atoms with Gasteiger partial charge in [-0.3, -0.25) is 0 Å². The third-order valence-corrected chi connectivity index (χ3v) is 7.37. The molecule has 1 N–H and O–H groups in total. The minimum atomic E-state index is -3.30. The number of pyridine rings is 1. The van der Waals surface area contributed by atoms with E-state index in [1.54, 1.807) is 12.3 Å². The third kappa shape index (κ3) is 6.05. The lowest BCUT2D eigenvalue weighted by molar-refractivity contribution is -0.00229. The van der Waals surface area contributed by atoms with E-state index in [0.29, 0.717) is 19.6 Å². The fourth-order valence-corrected chi connectivity index (χ4v) is 5.85. The van der Waals surface area contributed by atoms with Crippen LogP contribution in [0.4, 0.5) is 10.2 Å². The first-order valence-electron chi connectivity index (χ1n) is 11.4. The largest absolute Gasteiger partial charge is 0.378 e. The number of piperidine rings is 1. The van der Waals surface area contributed by atoms with E-state index < -0.39 is 10.0 Å². The summed E-state index contributed by atoms with van der Waals surface area (Å²) in [6, 6.07) is 12.7. The Bertz CT molecular complexity index is 981. The highest BCUT2D eigenvalue weighted by Crippen LogP contribution is 2.35. The zero-order chi connectivity index (χ0) is 22.6. The number of nitrogens with zero attached hydrogens (tertiary/aromatic N) is 2. The number of halogens is 1. The molecule has 8 heteroatoms. The average molecular weight is 462 g/mol. The molecule has 2 aliphatic rings. The Balaban J connectivity index is 1.35. The van der Waals surface area contributed by atoms with Crippen LogP contribution in [0, 0.1) is 11.7 Å². The fraction of sp³-hybridized carbons (Fsp3) is 0.542. The Morgan fingerprint density at radius 3 is 2.53 bits per heavy atom. The van der Waals surface area contributed by atoms with E-state index in [2.05, 4.69) is 14.6 Å². The summed E-state index contributed by atoms with van der Waals surface area (Å²) < 4.78 is 47.0. The normalized spacial score (nSPS) is 26.8. The molecule has 2 fully saturated rings. The molecule has 0 bridgehead atoms. The van der Waals surface area contributed by atoms with Crippen molar-refractivity contribution in [2.75, 3.05) is 30.9 Å². The van der Waals surface area contributed by atoms with Crippen LogP contribution < -0.4 is 9.62 Å². The van der Waals surface area contributed by atoms with Gasteiger partial charge >= 0.3 is 0 Å². The Morgan fingerprint density at radius 1 is 1.09 bits per heavy atom. The number of hydrogen-bond acceptors (Lipinski definition) is 5. The maximum atomic E-state index is 14.1. The zero-order valence-electron chi connectivity index (χ0n) is 18.5. The molecule has 174 valence electrons. The third-order valence-electron chi connectivity index (χ3n) is 6.64. The Hall–Kier alpha value is -2.03. The Morgan fingerprint density at radius 2 is 1.84 bits per heavy atom. The van der Waals surface area contributed by atoms with Gasteiger partial charge in [-0.05, 0) is 61.8 Å². The second kappa shape index (κ2) is 10.3. The smallest absolute Gasteiger partial charge is 0.208 e. The van der Waals surface area contributed by atoms with Crippen molar-refractivity contribution in [3.8, 4) is 0 Å². The number of ether oxygens (including phenoxy) is 1. The van der Waals surface area contributed by atoms with Gasteiger partial charge < -0.3 is 9.64 Å². The molecule has 6 nitrogen and oxygen atoms in total. The average Bonchev–Trinajstić information content (AvgIpc) is 2.79. The minimum absolute atomic E-state index is 0.0322. The van der Waals surface area contributed by atoms with Gasteiger partial charge in [0.2, 0.25) is 10.0 Å². The predicted octanol–water partition coefficient (Wildman–Crippen LogP) is 3.71. The van der Waals surface area contributed by atoms with Crippen LogP contribution in [0.1, 0.15) is 43.6 Å². The van der Waals surface area contributed by atoms with E-state index in [1.807, 2.05) is 30.3 Å². The summed E-state index contributed by atoms with van der Waals surface area (Å²) in [5.41, 5.74) is 0.807. The van der Waals surface area contributed by atoms with Gasteiger partial charge in [-0.1, -0.05) is 24.3 Å².